The lowest BCUT2D eigenvalue weighted by Gasteiger charge is -2.30. The Morgan fingerprint density at radius 3 is 2.47 bits per heavy atom. The zero-order valence-electron chi connectivity index (χ0n) is 16.5. The third kappa shape index (κ3) is 2.94. The number of hydrogen-bond acceptors (Lipinski definition) is 7. The van der Waals surface area contributed by atoms with Gasteiger partial charge in [0.15, 0.2) is 11.6 Å². The second-order valence-electron chi connectivity index (χ2n) is 9.03. The number of nitrogen functional groups attached to an aromatic ring is 1. The highest BCUT2D eigenvalue weighted by atomic mass is 19.3. The number of piperidine rings is 1. The number of ether oxygens (including phenoxy) is 1. The Balaban J connectivity index is 1.41. The minimum absolute atomic E-state index is 0.0641. The summed E-state index contributed by atoms with van der Waals surface area (Å²) in [4.78, 5) is 18.5. The van der Waals surface area contributed by atoms with Gasteiger partial charge in [0.1, 0.15) is 5.82 Å². The van der Waals surface area contributed by atoms with Gasteiger partial charge in [-0.15, -0.1) is 0 Å². The Kier molecular flexibility index (Phi) is 4.01. The number of pyridine rings is 1. The molecule has 5 aliphatic rings. The van der Waals surface area contributed by atoms with Crippen molar-refractivity contribution in [1.29, 1.82) is 0 Å². The largest absolute Gasteiger partial charge is 0.431 e. The summed E-state index contributed by atoms with van der Waals surface area (Å²) in [6, 6.07) is 4.48. The van der Waals surface area contributed by atoms with E-state index in [4.69, 9.17) is 15.7 Å². The fraction of sp³-hybridized carbons (Fsp3) is 0.571. The number of aromatic nitrogens is 3. The van der Waals surface area contributed by atoms with Crippen LogP contribution in [0.4, 0.5) is 26.4 Å². The zero-order chi connectivity index (χ0) is 20.4. The predicted molar refractivity (Wildman–Crippen MR) is 109 cm³/mol. The Bertz CT molecular complexity index is 982. The van der Waals surface area contributed by atoms with Crippen LogP contribution in [0.25, 0.3) is 11.3 Å². The van der Waals surface area contributed by atoms with Crippen molar-refractivity contribution in [2.75, 3.05) is 28.6 Å². The van der Waals surface area contributed by atoms with Crippen LogP contribution in [-0.4, -0.2) is 46.7 Å². The summed E-state index contributed by atoms with van der Waals surface area (Å²) < 4.78 is 30.1. The van der Waals surface area contributed by atoms with Crippen molar-refractivity contribution in [1.82, 2.24) is 15.0 Å². The molecule has 4 bridgehead atoms. The number of nitrogens with two attached hydrogens (primary N) is 1. The molecule has 158 valence electrons. The molecule has 2 aromatic heterocycles. The molecule has 5 heterocycles. The fourth-order valence-electron chi connectivity index (χ4n) is 5.61. The second kappa shape index (κ2) is 6.65. The van der Waals surface area contributed by atoms with Crippen LogP contribution in [0.5, 0.6) is 5.75 Å². The number of rotatable bonds is 5. The molecule has 0 spiro atoms. The summed E-state index contributed by atoms with van der Waals surface area (Å²) in [6.07, 6.45) is 7.67. The quantitative estimate of drug-likeness (QED) is 0.804. The maximum absolute atomic E-state index is 12.8. The van der Waals surface area contributed by atoms with Gasteiger partial charge in [0.05, 0.1) is 5.69 Å². The van der Waals surface area contributed by atoms with Crippen molar-refractivity contribution >= 4 is 17.6 Å². The number of alkyl halides is 2. The summed E-state index contributed by atoms with van der Waals surface area (Å²) in [6.45, 7) is -0.955. The number of fused-ring (bicyclic) bond motifs is 3. The first kappa shape index (κ1) is 18.1. The molecule has 2 aliphatic carbocycles. The van der Waals surface area contributed by atoms with Gasteiger partial charge >= 0.3 is 6.61 Å². The van der Waals surface area contributed by atoms with Gasteiger partial charge < -0.3 is 20.3 Å². The lowest BCUT2D eigenvalue weighted by Crippen LogP contribution is -2.34. The average molecular weight is 414 g/mol. The van der Waals surface area contributed by atoms with E-state index in [9.17, 15) is 8.78 Å². The van der Waals surface area contributed by atoms with Gasteiger partial charge in [-0.25, -0.2) is 9.97 Å². The van der Waals surface area contributed by atoms with Crippen LogP contribution >= 0.6 is 0 Å². The highest BCUT2D eigenvalue weighted by Crippen LogP contribution is 2.44. The van der Waals surface area contributed by atoms with Crippen LogP contribution in [0.1, 0.15) is 32.1 Å². The van der Waals surface area contributed by atoms with Crippen molar-refractivity contribution in [3.63, 3.8) is 0 Å². The molecule has 3 aliphatic heterocycles. The van der Waals surface area contributed by atoms with Crippen LogP contribution in [0.3, 0.4) is 0 Å². The van der Waals surface area contributed by atoms with E-state index in [-0.39, 0.29) is 11.6 Å². The fourth-order valence-corrected chi connectivity index (χ4v) is 5.61. The van der Waals surface area contributed by atoms with Gasteiger partial charge in [-0.3, -0.25) is 0 Å². The van der Waals surface area contributed by atoms with Gasteiger partial charge in [-0.1, -0.05) is 0 Å². The van der Waals surface area contributed by atoms with Crippen molar-refractivity contribution in [2.24, 2.45) is 11.8 Å². The Morgan fingerprint density at radius 1 is 1.00 bits per heavy atom. The van der Waals surface area contributed by atoms with E-state index in [2.05, 4.69) is 19.5 Å². The lowest BCUT2D eigenvalue weighted by molar-refractivity contribution is -0.0494. The van der Waals surface area contributed by atoms with E-state index >= 15 is 0 Å². The highest BCUT2D eigenvalue weighted by Gasteiger charge is 2.44. The summed E-state index contributed by atoms with van der Waals surface area (Å²) in [7, 11) is 0. The molecule has 2 aromatic rings. The molecule has 0 aromatic carbocycles. The minimum atomic E-state index is -2.96. The van der Waals surface area contributed by atoms with Gasteiger partial charge in [0.2, 0.25) is 5.95 Å². The van der Waals surface area contributed by atoms with E-state index in [1.807, 2.05) is 6.07 Å². The predicted octanol–water partition coefficient (Wildman–Crippen LogP) is 3.31. The maximum Gasteiger partial charge on any atom is 0.387 e. The first-order valence-electron chi connectivity index (χ1n) is 10.7. The van der Waals surface area contributed by atoms with E-state index in [0.29, 0.717) is 23.3 Å². The third-order valence-corrected chi connectivity index (χ3v) is 7.16. The van der Waals surface area contributed by atoms with E-state index in [1.165, 1.54) is 38.2 Å². The zero-order valence-corrected chi connectivity index (χ0v) is 16.5. The molecule has 7 nitrogen and oxygen atoms in total. The Morgan fingerprint density at radius 2 is 1.80 bits per heavy atom. The monoisotopic (exact) mass is 414 g/mol. The summed E-state index contributed by atoms with van der Waals surface area (Å²) in [5.41, 5.74) is 6.98. The van der Waals surface area contributed by atoms with Crippen molar-refractivity contribution in [3.8, 4) is 17.0 Å². The molecule has 2 N–H and O–H groups in total. The summed E-state index contributed by atoms with van der Waals surface area (Å²) >= 11 is 0. The SMILES string of the molecule is Nc1ncc(-c2cc(N3C[C@@H]4CC[C@H]3C4)nc(N3CC4CC3C4)n2)cc1OC(F)F. The number of hydrogen-bond donors (Lipinski definition) is 1. The molecule has 30 heavy (non-hydrogen) atoms. The topological polar surface area (TPSA) is 80.4 Å². The Hall–Kier alpha value is -2.71. The second-order valence-corrected chi connectivity index (χ2v) is 9.03. The molecule has 0 amide bonds. The molecule has 7 rings (SSSR count). The van der Waals surface area contributed by atoms with E-state index in [0.717, 1.165) is 36.7 Å². The molecule has 3 saturated heterocycles. The first-order chi connectivity index (χ1) is 14.5. The van der Waals surface area contributed by atoms with Gasteiger partial charge in [-0.2, -0.15) is 13.8 Å². The smallest absolute Gasteiger partial charge is 0.387 e. The maximum atomic E-state index is 12.8. The van der Waals surface area contributed by atoms with Crippen LogP contribution < -0.4 is 20.3 Å². The van der Waals surface area contributed by atoms with Crippen LogP contribution in [0, 0.1) is 11.8 Å². The molecule has 2 atom stereocenters. The Labute approximate surface area is 173 Å². The molecule has 0 radical (unpaired) electrons. The van der Waals surface area contributed by atoms with E-state index in [1.54, 1.807) is 6.20 Å². The summed E-state index contributed by atoms with van der Waals surface area (Å²) in [5.74, 6) is 2.92. The highest BCUT2D eigenvalue weighted by molar-refractivity contribution is 5.68. The molecular formula is C21H24F2N6O. The molecule has 9 heteroatoms. The molecule has 5 fully saturated rings. The van der Waals surface area contributed by atoms with Crippen LogP contribution in [0.15, 0.2) is 18.3 Å². The molecule has 2 saturated carbocycles. The van der Waals surface area contributed by atoms with Crippen molar-refractivity contribution in [3.05, 3.63) is 18.3 Å². The van der Waals surface area contributed by atoms with Crippen LogP contribution in [-0.2, 0) is 0 Å². The number of nitrogens with zero attached hydrogens (tertiary/aromatic N) is 5. The summed E-state index contributed by atoms with van der Waals surface area (Å²) in [5, 5.41) is 0. The van der Waals surface area contributed by atoms with Gasteiger partial charge in [-0.05, 0) is 50.0 Å². The van der Waals surface area contributed by atoms with Crippen molar-refractivity contribution in [2.45, 2.75) is 50.8 Å². The van der Waals surface area contributed by atoms with Crippen molar-refractivity contribution < 1.29 is 13.5 Å². The number of halogens is 2. The molecular weight excluding hydrogens is 390 g/mol. The molecule has 0 unspecified atom stereocenters. The third-order valence-electron chi connectivity index (χ3n) is 7.16. The first-order valence-corrected chi connectivity index (χ1v) is 10.7. The standard InChI is InChI=1S/C21H24F2N6O/c22-20(23)30-17-6-13(8-25-19(17)24)16-7-18(28-9-11-1-2-14(28)3-11)27-21(26-16)29-10-12-4-15(29)5-12/h6-8,11-12,14-15,20H,1-5,9-10H2,(H2,24,25)/t11-,12?,14+,15?/m1/s1. The van der Waals surface area contributed by atoms with Gasteiger partial charge in [0.25, 0.3) is 0 Å². The average Bonchev–Trinajstić information content (AvgIpc) is 3.48. The van der Waals surface area contributed by atoms with Gasteiger partial charge in [0, 0.05) is 43.0 Å². The van der Waals surface area contributed by atoms with Crippen LogP contribution in [0.2, 0.25) is 0 Å². The van der Waals surface area contributed by atoms with E-state index < -0.39 is 6.61 Å². The minimum Gasteiger partial charge on any atom is -0.431 e. The lowest BCUT2D eigenvalue weighted by atomic mass is 9.86. The number of anilines is 3. The normalized spacial score (nSPS) is 29.0.